The molecule has 3 rings (SSSR count). The third-order valence-corrected chi connectivity index (χ3v) is 4.28. The van der Waals surface area contributed by atoms with Crippen molar-refractivity contribution >= 4 is 28.9 Å². The lowest BCUT2D eigenvalue weighted by Gasteiger charge is -2.24. The minimum atomic E-state index is -0.202. The van der Waals surface area contributed by atoms with E-state index in [1.165, 1.54) is 12.8 Å². The lowest BCUT2D eigenvalue weighted by molar-refractivity contribution is 0.628. The van der Waals surface area contributed by atoms with Crippen LogP contribution in [0.25, 0.3) is 0 Å². The van der Waals surface area contributed by atoms with Gasteiger partial charge in [-0.25, -0.2) is 9.97 Å². The molecule has 6 heteroatoms. The van der Waals surface area contributed by atoms with Crippen molar-refractivity contribution in [1.82, 2.24) is 9.97 Å². The summed E-state index contributed by atoms with van der Waals surface area (Å²) in [6, 6.07) is 7.15. The molecule has 0 saturated heterocycles. The van der Waals surface area contributed by atoms with Gasteiger partial charge in [-0.1, -0.05) is 23.7 Å². The zero-order valence-corrected chi connectivity index (χ0v) is 15.6. The van der Waals surface area contributed by atoms with Crippen LogP contribution in [0.2, 0.25) is 5.02 Å². The highest BCUT2D eigenvalue weighted by atomic mass is 35.5. The van der Waals surface area contributed by atoms with Crippen LogP contribution in [0.5, 0.6) is 0 Å². The van der Waals surface area contributed by atoms with Gasteiger partial charge in [-0.2, -0.15) is 0 Å². The molecule has 0 radical (unpaired) electrons. The highest BCUT2D eigenvalue weighted by Crippen LogP contribution is 2.33. The predicted molar refractivity (Wildman–Crippen MR) is 104 cm³/mol. The van der Waals surface area contributed by atoms with Gasteiger partial charge < -0.3 is 11.1 Å². The summed E-state index contributed by atoms with van der Waals surface area (Å²) >= 11 is 5.95. The van der Waals surface area contributed by atoms with Crippen molar-refractivity contribution in [2.24, 2.45) is 5.92 Å². The standard InChI is InChI=1S/C19H24ClN5/c1-19(2,3)25-18-15(16(21)12-6-8-13(20)9-7-12)17(22)23-14(24-18)10-11-4-5-11/h6-9,11,21H,4-5,10H2,1-3H3,(H3,22,23,24,25). The molecule has 0 aliphatic heterocycles. The van der Waals surface area contributed by atoms with Crippen LogP contribution >= 0.6 is 11.6 Å². The van der Waals surface area contributed by atoms with Crippen LogP contribution in [0.15, 0.2) is 24.3 Å². The molecule has 1 fully saturated rings. The molecule has 1 saturated carbocycles. The Morgan fingerprint density at radius 2 is 1.88 bits per heavy atom. The molecule has 0 spiro atoms. The van der Waals surface area contributed by atoms with Gasteiger partial charge in [0.25, 0.3) is 0 Å². The van der Waals surface area contributed by atoms with Crippen LogP contribution in [0, 0.1) is 11.3 Å². The topological polar surface area (TPSA) is 87.7 Å². The molecule has 4 N–H and O–H groups in total. The normalized spacial score (nSPS) is 14.4. The molecule has 1 aliphatic carbocycles. The number of hydrogen-bond acceptors (Lipinski definition) is 5. The Hall–Kier alpha value is -2.14. The number of nitrogens with two attached hydrogens (primary N) is 1. The molecule has 25 heavy (non-hydrogen) atoms. The second-order valence-electron chi connectivity index (χ2n) is 7.65. The maximum atomic E-state index is 8.61. The molecule has 0 amide bonds. The van der Waals surface area contributed by atoms with Gasteiger partial charge in [0, 0.05) is 22.5 Å². The molecule has 1 heterocycles. The third-order valence-electron chi connectivity index (χ3n) is 4.03. The summed E-state index contributed by atoms with van der Waals surface area (Å²) in [7, 11) is 0. The fraction of sp³-hybridized carbons (Fsp3) is 0.421. The Labute approximate surface area is 153 Å². The molecule has 0 bridgehead atoms. The van der Waals surface area contributed by atoms with Crippen LogP contribution in [0.3, 0.4) is 0 Å². The molecule has 1 aromatic carbocycles. The lowest BCUT2D eigenvalue weighted by Crippen LogP contribution is -2.29. The minimum Gasteiger partial charge on any atom is -0.383 e. The Bertz CT molecular complexity index is 789. The number of halogens is 1. The van der Waals surface area contributed by atoms with Crippen LogP contribution in [0.4, 0.5) is 11.6 Å². The number of rotatable bonds is 5. The SMILES string of the molecule is CC(C)(C)Nc1nc(CC2CC2)nc(N)c1C(=N)c1ccc(Cl)cc1. The molecular formula is C19H24ClN5. The van der Waals surface area contributed by atoms with Crippen LogP contribution in [-0.4, -0.2) is 21.2 Å². The third kappa shape index (κ3) is 4.48. The number of benzene rings is 1. The summed E-state index contributed by atoms with van der Waals surface area (Å²) in [6.45, 7) is 6.17. The zero-order chi connectivity index (χ0) is 18.2. The van der Waals surface area contributed by atoms with Crippen molar-refractivity contribution in [2.45, 2.75) is 45.6 Å². The number of anilines is 2. The van der Waals surface area contributed by atoms with Gasteiger partial charge in [-0.15, -0.1) is 0 Å². The average Bonchev–Trinajstić information content (AvgIpc) is 3.29. The van der Waals surface area contributed by atoms with E-state index >= 15 is 0 Å². The molecule has 0 unspecified atom stereocenters. The molecule has 2 aromatic rings. The van der Waals surface area contributed by atoms with Gasteiger partial charge in [0.1, 0.15) is 17.5 Å². The minimum absolute atomic E-state index is 0.202. The molecule has 1 aliphatic rings. The molecular weight excluding hydrogens is 334 g/mol. The van der Waals surface area contributed by atoms with Crippen LogP contribution in [0.1, 0.15) is 50.6 Å². The fourth-order valence-corrected chi connectivity index (χ4v) is 2.78. The predicted octanol–water partition coefficient (Wildman–Crippen LogP) is 4.29. The average molecular weight is 358 g/mol. The van der Waals surface area contributed by atoms with Crippen molar-refractivity contribution in [2.75, 3.05) is 11.1 Å². The smallest absolute Gasteiger partial charge is 0.141 e. The van der Waals surface area contributed by atoms with E-state index in [4.69, 9.17) is 27.7 Å². The number of nitrogens with zero attached hydrogens (tertiary/aromatic N) is 2. The van der Waals surface area contributed by atoms with Gasteiger partial charge in [-0.05, 0) is 51.7 Å². The van der Waals surface area contributed by atoms with Gasteiger partial charge in [0.05, 0.1) is 11.3 Å². The van der Waals surface area contributed by atoms with Crippen molar-refractivity contribution < 1.29 is 0 Å². The van der Waals surface area contributed by atoms with Crippen molar-refractivity contribution in [3.05, 3.63) is 46.2 Å². The van der Waals surface area contributed by atoms with E-state index in [-0.39, 0.29) is 5.54 Å². The molecule has 132 valence electrons. The van der Waals surface area contributed by atoms with Crippen LogP contribution in [-0.2, 0) is 6.42 Å². The first-order valence-corrected chi connectivity index (χ1v) is 8.90. The van der Waals surface area contributed by atoms with Crippen molar-refractivity contribution in [3.8, 4) is 0 Å². The van der Waals surface area contributed by atoms with E-state index in [0.717, 1.165) is 17.8 Å². The summed E-state index contributed by atoms with van der Waals surface area (Å²) in [5, 5.41) is 12.6. The Kier molecular flexibility index (Phi) is 4.69. The number of aromatic nitrogens is 2. The fourth-order valence-electron chi connectivity index (χ4n) is 2.65. The number of nitrogen functional groups attached to an aromatic ring is 1. The van der Waals surface area contributed by atoms with E-state index in [1.807, 2.05) is 12.1 Å². The molecule has 5 nitrogen and oxygen atoms in total. The van der Waals surface area contributed by atoms with E-state index in [9.17, 15) is 0 Å². The maximum Gasteiger partial charge on any atom is 0.141 e. The van der Waals surface area contributed by atoms with Gasteiger partial charge in [0.15, 0.2) is 0 Å². The van der Waals surface area contributed by atoms with E-state index in [0.29, 0.717) is 33.9 Å². The summed E-state index contributed by atoms with van der Waals surface area (Å²) < 4.78 is 0. The monoisotopic (exact) mass is 357 g/mol. The van der Waals surface area contributed by atoms with Crippen molar-refractivity contribution in [1.29, 1.82) is 5.41 Å². The van der Waals surface area contributed by atoms with E-state index in [2.05, 4.69) is 31.1 Å². The Morgan fingerprint density at radius 3 is 2.44 bits per heavy atom. The Morgan fingerprint density at radius 1 is 1.24 bits per heavy atom. The largest absolute Gasteiger partial charge is 0.383 e. The Balaban J connectivity index is 2.03. The highest BCUT2D eigenvalue weighted by Gasteiger charge is 2.26. The van der Waals surface area contributed by atoms with E-state index < -0.39 is 0 Å². The number of nitrogens with one attached hydrogen (secondary N) is 2. The highest BCUT2D eigenvalue weighted by molar-refractivity contribution is 6.30. The second-order valence-corrected chi connectivity index (χ2v) is 8.09. The lowest BCUT2D eigenvalue weighted by atomic mass is 10.0. The van der Waals surface area contributed by atoms with Gasteiger partial charge in [0.2, 0.25) is 0 Å². The molecule has 0 atom stereocenters. The van der Waals surface area contributed by atoms with E-state index in [1.54, 1.807) is 12.1 Å². The van der Waals surface area contributed by atoms with Gasteiger partial charge >= 0.3 is 0 Å². The zero-order valence-electron chi connectivity index (χ0n) is 14.9. The summed E-state index contributed by atoms with van der Waals surface area (Å²) in [6.07, 6.45) is 3.30. The number of hydrogen-bond donors (Lipinski definition) is 3. The first-order valence-electron chi connectivity index (χ1n) is 8.52. The second kappa shape index (κ2) is 6.64. The maximum absolute atomic E-state index is 8.61. The first-order chi connectivity index (χ1) is 11.7. The van der Waals surface area contributed by atoms with Crippen LogP contribution < -0.4 is 11.1 Å². The van der Waals surface area contributed by atoms with Crippen molar-refractivity contribution in [3.63, 3.8) is 0 Å². The first kappa shape index (κ1) is 17.7. The molecule has 1 aromatic heterocycles. The quantitative estimate of drug-likeness (QED) is 0.696. The summed E-state index contributed by atoms with van der Waals surface area (Å²) in [4.78, 5) is 9.16. The van der Waals surface area contributed by atoms with Gasteiger partial charge in [-0.3, -0.25) is 5.41 Å². The summed E-state index contributed by atoms with van der Waals surface area (Å²) in [5.74, 6) is 2.39. The summed E-state index contributed by atoms with van der Waals surface area (Å²) in [5.41, 5.74) is 7.60.